The molecule has 1 aromatic heterocycles. The lowest BCUT2D eigenvalue weighted by molar-refractivity contribution is -0.137. The molecule has 0 fully saturated rings. The first kappa shape index (κ1) is 16.9. The number of ether oxygens (including phenoxy) is 2. The highest BCUT2D eigenvalue weighted by atomic mass is 79.9. The second-order valence-electron chi connectivity index (χ2n) is 4.22. The Hall–Kier alpha value is -1.47. The molecule has 0 aliphatic heterocycles. The second-order valence-corrected chi connectivity index (χ2v) is 5.19. The van der Waals surface area contributed by atoms with Gasteiger partial charge in [-0.3, -0.25) is 0 Å². The summed E-state index contributed by atoms with van der Waals surface area (Å²) in [6.45, 7) is 0. The van der Waals surface area contributed by atoms with Gasteiger partial charge in [0.05, 0.1) is 12.7 Å². The van der Waals surface area contributed by atoms with Crippen LogP contribution in [0.5, 0.6) is 17.4 Å². The monoisotopic (exact) mass is 395 g/mol. The van der Waals surface area contributed by atoms with Crippen LogP contribution in [0.3, 0.4) is 0 Å². The molecular formula is C14H10BrClF3NO2. The summed E-state index contributed by atoms with van der Waals surface area (Å²) in [5, 5.41) is 0.369. The fraction of sp³-hybridized carbons (Fsp3) is 0.214. The summed E-state index contributed by atoms with van der Waals surface area (Å²) < 4.78 is 48.3. The topological polar surface area (TPSA) is 31.4 Å². The lowest BCUT2D eigenvalue weighted by Crippen LogP contribution is -2.05. The maximum absolute atomic E-state index is 12.5. The van der Waals surface area contributed by atoms with Crippen LogP contribution in [0, 0.1) is 0 Å². The van der Waals surface area contributed by atoms with Crippen LogP contribution in [0.25, 0.3) is 0 Å². The molecule has 1 aromatic carbocycles. The molecule has 2 aromatic rings. The predicted molar refractivity (Wildman–Crippen MR) is 79.9 cm³/mol. The van der Waals surface area contributed by atoms with Crippen molar-refractivity contribution in [2.45, 2.75) is 11.5 Å². The number of alkyl halides is 4. The van der Waals surface area contributed by atoms with Crippen molar-refractivity contribution in [1.82, 2.24) is 4.98 Å². The fourth-order valence-corrected chi connectivity index (χ4v) is 2.33. The minimum atomic E-state index is -4.50. The zero-order valence-corrected chi connectivity index (χ0v) is 13.6. The van der Waals surface area contributed by atoms with E-state index in [0.29, 0.717) is 23.0 Å². The number of aromatic nitrogens is 1. The van der Waals surface area contributed by atoms with Crippen molar-refractivity contribution in [2.75, 3.05) is 7.11 Å². The molecule has 0 spiro atoms. The fourth-order valence-electron chi connectivity index (χ4n) is 1.67. The molecule has 1 heterocycles. The van der Waals surface area contributed by atoms with E-state index in [9.17, 15) is 13.2 Å². The molecule has 8 heteroatoms. The van der Waals surface area contributed by atoms with Gasteiger partial charge in [0, 0.05) is 23.2 Å². The number of halogens is 5. The van der Waals surface area contributed by atoms with Crippen LogP contribution in [0.15, 0.2) is 30.5 Å². The first-order valence-electron chi connectivity index (χ1n) is 5.98. The van der Waals surface area contributed by atoms with Gasteiger partial charge in [-0.2, -0.15) is 13.2 Å². The van der Waals surface area contributed by atoms with Crippen LogP contribution in [-0.4, -0.2) is 12.1 Å². The third kappa shape index (κ3) is 3.84. The van der Waals surface area contributed by atoms with Crippen molar-refractivity contribution >= 4 is 27.5 Å². The van der Waals surface area contributed by atoms with Crippen molar-refractivity contribution in [3.05, 3.63) is 46.6 Å². The van der Waals surface area contributed by atoms with Crippen molar-refractivity contribution in [3.63, 3.8) is 0 Å². The average Bonchev–Trinajstić information content (AvgIpc) is 2.48. The van der Waals surface area contributed by atoms with Gasteiger partial charge in [0.2, 0.25) is 5.88 Å². The molecule has 0 aliphatic rings. The third-order valence-corrected chi connectivity index (χ3v) is 3.63. The Labute approximate surface area is 138 Å². The van der Waals surface area contributed by atoms with Crippen LogP contribution >= 0.6 is 27.5 Å². The molecule has 0 bridgehead atoms. The molecule has 0 atom stereocenters. The van der Waals surface area contributed by atoms with Gasteiger partial charge < -0.3 is 9.47 Å². The van der Waals surface area contributed by atoms with Gasteiger partial charge in [0.1, 0.15) is 16.5 Å². The Bertz CT molecular complexity index is 680. The van der Waals surface area contributed by atoms with E-state index in [1.165, 1.54) is 7.11 Å². The number of hydrogen-bond acceptors (Lipinski definition) is 3. The maximum Gasteiger partial charge on any atom is 0.417 e. The van der Waals surface area contributed by atoms with Crippen molar-refractivity contribution < 1.29 is 22.6 Å². The normalized spacial score (nSPS) is 11.4. The van der Waals surface area contributed by atoms with Gasteiger partial charge in [-0.25, -0.2) is 4.98 Å². The lowest BCUT2D eigenvalue weighted by Gasteiger charge is -2.12. The number of pyridine rings is 1. The number of methoxy groups -OCH3 is 1. The van der Waals surface area contributed by atoms with Crippen molar-refractivity contribution in [3.8, 4) is 17.4 Å². The van der Waals surface area contributed by atoms with Gasteiger partial charge in [-0.15, -0.1) is 0 Å². The van der Waals surface area contributed by atoms with Gasteiger partial charge in [0.15, 0.2) is 0 Å². The van der Waals surface area contributed by atoms with E-state index in [4.69, 9.17) is 21.1 Å². The highest BCUT2D eigenvalue weighted by Crippen LogP contribution is 2.35. The Morgan fingerprint density at radius 1 is 1.27 bits per heavy atom. The number of rotatable bonds is 4. The van der Waals surface area contributed by atoms with Crippen LogP contribution < -0.4 is 9.47 Å². The average molecular weight is 397 g/mol. The Morgan fingerprint density at radius 2 is 2.00 bits per heavy atom. The van der Waals surface area contributed by atoms with E-state index in [2.05, 4.69) is 20.9 Å². The smallest absolute Gasteiger partial charge is 0.417 e. The number of nitrogens with zero attached hydrogens (tertiary/aromatic N) is 1. The molecule has 0 saturated heterocycles. The van der Waals surface area contributed by atoms with Crippen molar-refractivity contribution in [2.24, 2.45) is 0 Å². The van der Waals surface area contributed by atoms with E-state index in [0.717, 1.165) is 11.6 Å². The van der Waals surface area contributed by atoms with E-state index in [-0.39, 0.29) is 10.9 Å². The summed E-state index contributed by atoms with van der Waals surface area (Å²) in [5.41, 5.74) is -0.0293. The third-order valence-electron chi connectivity index (χ3n) is 2.75. The number of hydrogen-bond donors (Lipinski definition) is 0. The SMILES string of the molecule is COc1cc(Oc2ncc(C(F)(F)F)cc2Cl)ccc1CBr. The summed E-state index contributed by atoms with van der Waals surface area (Å²) >= 11 is 9.11. The van der Waals surface area contributed by atoms with Gasteiger partial charge in [-0.05, 0) is 12.1 Å². The van der Waals surface area contributed by atoms with E-state index in [1.807, 2.05) is 0 Å². The number of benzene rings is 1. The summed E-state index contributed by atoms with van der Waals surface area (Å²) in [5.74, 6) is 0.830. The largest absolute Gasteiger partial charge is 0.496 e. The predicted octanol–water partition coefficient (Wildman–Crippen LogP) is 5.45. The maximum atomic E-state index is 12.5. The molecule has 0 radical (unpaired) electrons. The summed E-state index contributed by atoms with van der Waals surface area (Å²) in [6, 6.07) is 5.79. The summed E-state index contributed by atoms with van der Waals surface area (Å²) in [4.78, 5) is 3.61. The molecule has 2 rings (SSSR count). The van der Waals surface area contributed by atoms with E-state index >= 15 is 0 Å². The zero-order valence-electron chi connectivity index (χ0n) is 11.2. The van der Waals surface area contributed by atoms with Gasteiger partial charge in [0.25, 0.3) is 0 Å². The molecule has 0 unspecified atom stereocenters. The molecule has 0 amide bonds. The first-order valence-corrected chi connectivity index (χ1v) is 7.48. The molecule has 0 N–H and O–H groups in total. The minimum Gasteiger partial charge on any atom is -0.496 e. The second kappa shape index (κ2) is 6.75. The first-order chi connectivity index (χ1) is 10.3. The highest BCUT2D eigenvalue weighted by molar-refractivity contribution is 9.08. The Kier molecular flexibility index (Phi) is 5.18. The molecule has 0 saturated carbocycles. The Balaban J connectivity index is 2.28. The lowest BCUT2D eigenvalue weighted by atomic mass is 10.2. The Morgan fingerprint density at radius 3 is 2.55 bits per heavy atom. The van der Waals surface area contributed by atoms with Crippen LogP contribution in [0.4, 0.5) is 13.2 Å². The van der Waals surface area contributed by atoms with E-state index in [1.54, 1.807) is 18.2 Å². The molecular weight excluding hydrogens is 387 g/mol. The van der Waals surface area contributed by atoms with Crippen LogP contribution in [0.1, 0.15) is 11.1 Å². The van der Waals surface area contributed by atoms with Crippen molar-refractivity contribution in [1.29, 1.82) is 0 Å². The highest BCUT2D eigenvalue weighted by Gasteiger charge is 2.31. The van der Waals surface area contributed by atoms with Crippen LogP contribution in [-0.2, 0) is 11.5 Å². The van der Waals surface area contributed by atoms with E-state index < -0.39 is 11.7 Å². The summed E-state index contributed by atoms with van der Waals surface area (Å²) in [7, 11) is 1.51. The molecule has 3 nitrogen and oxygen atoms in total. The minimum absolute atomic E-state index is 0.108. The molecule has 0 aliphatic carbocycles. The van der Waals surface area contributed by atoms with Gasteiger partial charge in [-0.1, -0.05) is 33.6 Å². The quantitative estimate of drug-likeness (QED) is 0.644. The molecule has 22 heavy (non-hydrogen) atoms. The van der Waals surface area contributed by atoms with Gasteiger partial charge >= 0.3 is 6.18 Å². The standard InChI is InChI=1S/C14H10BrClF3NO2/c1-21-12-5-10(3-2-8(12)6-15)22-13-11(16)4-9(7-20-13)14(17,18)19/h2-5,7H,6H2,1H3. The molecule has 118 valence electrons. The summed E-state index contributed by atoms with van der Waals surface area (Å²) in [6.07, 6.45) is -3.83. The zero-order chi connectivity index (χ0) is 16.3. The van der Waals surface area contributed by atoms with Crippen LogP contribution in [0.2, 0.25) is 5.02 Å².